The summed E-state index contributed by atoms with van der Waals surface area (Å²) in [4.78, 5) is 2.11. The van der Waals surface area contributed by atoms with Crippen molar-refractivity contribution in [3.8, 4) is 0 Å². The van der Waals surface area contributed by atoms with Gasteiger partial charge in [-0.2, -0.15) is 0 Å². The molecule has 0 radical (unpaired) electrons. The Kier molecular flexibility index (Phi) is 4.14. The zero-order valence-electron chi connectivity index (χ0n) is 14.0. The summed E-state index contributed by atoms with van der Waals surface area (Å²) in [5.74, 6) is -0.193. The molecule has 0 aromatic heterocycles. The summed E-state index contributed by atoms with van der Waals surface area (Å²) >= 11 is 5.73. The molecule has 1 aliphatic heterocycles. The Morgan fingerprint density at radius 2 is 1.92 bits per heavy atom. The molecule has 0 bridgehead atoms. The fraction of sp³-hybridized carbons (Fsp3) is 0.190. The molecular formula is C21H19FN2S. The van der Waals surface area contributed by atoms with Crippen molar-refractivity contribution in [1.82, 2.24) is 0 Å². The first-order chi connectivity index (χ1) is 12.1. The number of rotatable bonds is 1. The number of halogens is 1. The molecule has 0 aliphatic carbocycles. The minimum absolute atomic E-state index is 0.193. The van der Waals surface area contributed by atoms with Crippen LogP contribution in [0.15, 0.2) is 60.7 Å². The first kappa shape index (κ1) is 16.0. The summed E-state index contributed by atoms with van der Waals surface area (Å²) < 4.78 is 13.6. The van der Waals surface area contributed by atoms with Gasteiger partial charge in [0.15, 0.2) is 5.11 Å². The highest BCUT2D eigenvalue weighted by Gasteiger charge is 2.26. The normalized spacial score (nSPS) is 16.6. The summed E-state index contributed by atoms with van der Waals surface area (Å²) in [6.45, 7) is 2.16. The number of hydrogen-bond acceptors (Lipinski definition) is 1. The summed E-state index contributed by atoms with van der Waals surface area (Å²) in [5.41, 5.74) is 3.00. The van der Waals surface area contributed by atoms with Gasteiger partial charge >= 0.3 is 0 Å². The summed E-state index contributed by atoms with van der Waals surface area (Å²) in [6.07, 6.45) is 1.83. The number of thiocarbonyl (C=S) groups is 1. The maximum atomic E-state index is 13.6. The lowest BCUT2D eigenvalue weighted by Gasteiger charge is -2.37. The molecule has 0 saturated carbocycles. The molecule has 1 N–H and O–H groups in total. The van der Waals surface area contributed by atoms with Crippen LogP contribution < -0.4 is 10.2 Å². The molecule has 0 amide bonds. The van der Waals surface area contributed by atoms with Crippen LogP contribution in [0, 0.1) is 5.82 Å². The van der Waals surface area contributed by atoms with Gasteiger partial charge in [0.05, 0.1) is 0 Å². The van der Waals surface area contributed by atoms with E-state index < -0.39 is 0 Å². The second-order valence-corrected chi connectivity index (χ2v) is 6.87. The first-order valence-corrected chi connectivity index (χ1v) is 8.91. The number of nitrogens with one attached hydrogen (secondary N) is 1. The van der Waals surface area contributed by atoms with E-state index in [1.54, 1.807) is 6.07 Å². The quantitative estimate of drug-likeness (QED) is 0.582. The third kappa shape index (κ3) is 2.98. The van der Waals surface area contributed by atoms with E-state index in [0.29, 0.717) is 5.11 Å². The van der Waals surface area contributed by atoms with E-state index in [-0.39, 0.29) is 11.9 Å². The predicted octanol–water partition coefficient (Wildman–Crippen LogP) is 5.52. The van der Waals surface area contributed by atoms with Crippen LogP contribution in [-0.2, 0) is 6.42 Å². The van der Waals surface area contributed by atoms with Crippen molar-refractivity contribution in [2.45, 2.75) is 25.8 Å². The van der Waals surface area contributed by atoms with Crippen molar-refractivity contribution in [3.63, 3.8) is 0 Å². The Bertz CT molecular complexity index is 948. The molecule has 2 nitrogen and oxygen atoms in total. The molecule has 1 aliphatic rings. The molecule has 0 fully saturated rings. The van der Waals surface area contributed by atoms with Gasteiger partial charge in [-0.15, -0.1) is 0 Å². The Hall–Kier alpha value is -2.46. The SMILES string of the molecule is C[C@@H]1CCc2cc(F)ccc2N1C(=S)Nc1cccc2ccccc12. The van der Waals surface area contributed by atoms with E-state index in [2.05, 4.69) is 35.3 Å². The fourth-order valence-electron chi connectivity index (χ4n) is 3.54. The molecule has 0 unspecified atom stereocenters. The minimum Gasteiger partial charge on any atom is -0.332 e. The van der Waals surface area contributed by atoms with Crippen LogP contribution in [0.4, 0.5) is 15.8 Å². The molecule has 0 saturated heterocycles. The Labute approximate surface area is 152 Å². The van der Waals surface area contributed by atoms with Crippen LogP contribution >= 0.6 is 12.2 Å². The first-order valence-electron chi connectivity index (χ1n) is 8.50. The van der Waals surface area contributed by atoms with Crippen molar-refractivity contribution in [1.29, 1.82) is 0 Å². The fourth-order valence-corrected chi connectivity index (χ4v) is 3.93. The van der Waals surface area contributed by atoms with Gasteiger partial charge < -0.3 is 10.2 Å². The predicted molar refractivity (Wildman–Crippen MR) is 107 cm³/mol. The van der Waals surface area contributed by atoms with E-state index in [4.69, 9.17) is 12.2 Å². The summed E-state index contributed by atoms with van der Waals surface area (Å²) in [6, 6.07) is 19.6. The molecule has 126 valence electrons. The molecule has 25 heavy (non-hydrogen) atoms. The van der Waals surface area contributed by atoms with E-state index >= 15 is 0 Å². The number of benzene rings is 3. The van der Waals surface area contributed by atoms with E-state index in [1.165, 1.54) is 11.5 Å². The highest BCUT2D eigenvalue weighted by atomic mass is 32.1. The Balaban J connectivity index is 1.69. The van der Waals surface area contributed by atoms with Gasteiger partial charge in [-0.1, -0.05) is 36.4 Å². The Morgan fingerprint density at radius 3 is 2.80 bits per heavy atom. The minimum atomic E-state index is -0.193. The number of fused-ring (bicyclic) bond motifs is 2. The van der Waals surface area contributed by atoms with Crippen LogP contribution in [0.5, 0.6) is 0 Å². The molecule has 0 spiro atoms. The summed E-state index contributed by atoms with van der Waals surface area (Å²) in [5, 5.41) is 6.36. The van der Waals surface area contributed by atoms with Crippen molar-refractivity contribution in [3.05, 3.63) is 72.0 Å². The average molecular weight is 350 g/mol. The lowest BCUT2D eigenvalue weighted by molar-refractivity contribution is 0.604. The van der Waals surface area contributed by atoms with Crippen LogP contribution in [0.2, 0.25) is 0 Å². The maximum absolute atomic E-state index is 13.6. The van der Waals surface area contributed by atoms with Crippen molar-refractivity contribution in [2.75, 3.05) is 10.2 Å². The molecule has 4 heteroatoms. The number of nitrogens with zero attached hydrogens (tertiary/aromatic N) is 1. The zero-order valence-corrected chi connectivity index (χ0v) is 14.8. The molecule has 3 aromatic carbocycles. The maximum Gasteiger partial charge on any atom is 0.178 e. The highest BCUT2D eigenvalue weighted by Crippen LogP contribution is 2.32. The van der Waals surface area contributed by atoms with Gasteiger partial charge in [-0.05, 0) is 67.2 Å². The lowest BCUT2D eigenvalue weighted by Crippen LogP contribution is -2.44. The van der Waals surface area contributed by atoms with Crippen LogP contribution in [-0.4, -0.2) is 11.2 Å². The van der Waals surface area contributed by atoms with Gasteiger partial charge in [0.2, 0.25) is 0 Å². The van der Waals surface area contributed by atoms with Crippen LogP contribution in [0.25, 0.3) is 10.8 Å². The third-order valence-electron chi connectivity index (χ3n) is 4.82. The van der Waals surface area contributed by atoms with E-state index in [0.717, 1.165) is 35.2 Å². The second kappa shape index (κ2) is 6.45. The lowest BCUT2D eigenvalue weighted by atomic mass is 9.97. The average Bonchev–Trinajstić information content (AvgIpc) is 2.62. The monoisotopic (exact) mass is 350 g/mol. The molecule has 3 aromatic rings. The Morgan fingerprint density at radius 1 is 1.12 bits per heavy atom. The van der Waals surface area contributed by atoms with Crippen LogP contribution in [0.1, 0.15) is 18.9 Å². The zero-order chi connectivity index (χ0) is 17.4. The number of anilines is 2. The molecule has 1 heterocycles. The molecule has 4 rings (SSSR count). The van der Waals surface area contributed by atoms with Crippen molar-refractivity contribution < 1.29 is 4.39 Å². The highest BCUT2D eigenvalue weighted by molar-refractivity contribution is 7.80. The van der Waals surface area contributed by atoms with Gasteiger partial charge in [0.25, 0.3) is 0 Å². The smallest absolute Gasteiger partial charge is 0.178 e. The van der Waals surface area contributed by atoms with Gasteiger partial charge in [0, 0.05) is 22.8 Å². The van der Waals surface area contributed by atoms with Gasteiger partial charge in [-0.25, -0.2) is 4.39 Å². The standard InChI is InChI=1S/C21H19FN2S/c1-14-9-10-16-13-17(22)11-12-20(16)24(14)21(25)23-19-8-4-6-15-5-2-3-7-18(15)19/h2-8,11-14H,9-10H2,1H3,(H,23,25)/t14-/m1/s1. The largest absolute Gasteiger partial charge is 0.332 e. The van der Waals surface area contributed by atoms with Gasteiger partial charge in [-0.3, -0.25) is 0 Å². The van der Waals surface area contributed by atoms with Gasteiger partial charge in [0.1, 0.15) is 5.82 Å². The number of hydrogen-bond donors (Lipinski definition) is 1. The molecule has 1 atom stereocenters. The number of aryl methyl sites for hydroxylation is 1. The molecular weight excluding hydrogens is 331 g/mol. The van der Waals surface area contributed by atoms with Crippen LogP contribution in [0.3, 0.4) is 0 Å². The van der Waals surface area contributed by atoms with Crippen molar-refractivity contribution >= 4 is 39.5 Å². The second-order valence-electron chi connectivity index (χ2n) is 6.49. The third-order valence-corrected chi connectivity index (χ3v) is 5.12. The topological polar surface area (TPSA) is 15.3 Å². The summed E-state index contributed by atoms with van der Waals surface area (Å²) in [7, 11) is 0. The van der Waals surface area contributed by atoms with Crippen molar-refractivity contribution in [2.24, 2.45) is 0 Å². The van der Waals surface area contributed by atoms with E-state index in [1.807, 2.05) is 30.3 Å². The van der Waals surface area contributed by atoms with E-state index in [9.17, 15) is 4.39 Å².